The van der Waals surface area contributed by atoms with E-state index in [9.17, 15) is 4.79 Å². The van der Waals surface area contributed by atoms with Crippen molar-refractivity contribution in [1.82, 2.24) is 14.8 Å². The molecule has 3 heterocycles. The van der Waals surface area contributed by atoms with Gasteiger partial charge in [0.2, 0.25) is 0 Å². The summed E-state index contributed by atoms with van der Waals surface area (Å²) in [6.45, 7) is 1.87. The normalized spacial score (nSPS) is 10.5. The van der Waals surface area contributed by atoms with E-state index in [0.717, 1.165) is 5.69 Å². The molecule has 0 aliphatic heterocycles. The van der Waals surface area contributed by atoms with E-state index in [1.165, 1.54) is 11.3 Å². The third-order valence-corrected chi connectivity index (χ3v) is 3.72. The number of carbonyl (C=O) groups is 1. The highest BCUT2D eigenvalue weighted by Crippen LogP contribution is 2.27. The van der Waals surface area contributed by atoms with Crippen molar-refractivity contribution in [3.8, 4) is 5.82 Å². The number of carboxylic acids is 1. The van der Waals surface area contributed by atoms with Crippen molar-refractivity contribution in [1.29, 1.82) is 0 Å². The SMILES string of the molecule is Cc1cc(Nc2ccsc2C(=O)O)n(-c2ccccn2)n1. The van der Waals surface area contributed by atoms with E-state index in [4.69, 9.17) is 5.11 Å². The second-order valence-corrected chi connectivity index (χ2v) is 5.28. The summed E-state index contributed by atoms with van der Waals surface area (Å²) in [6, 6.07) is 9.12. The molecule has 0 fully saturated rings. The van der Waals surface area contributed by atoms with Crippen LogP contribution in [0.1, 0.15) is 15.4 Å². The summed E-state index contributed by atoms with van der Waals surface area (Å²) in [6.07, 6.45) is 1.68. The Balaban J connectivity index is 2.00. The number of anilines is 2. The van der Waals surface area contributed by atoms with Gasteiger partial charge in [0, 0.05) is 12.3 Å². The molecule has 0 atom stereocenters. The molecule has 0 radical (unpaired) electrons. The van der Waals surface area contributed by atoms with Crippen LogP contribution in [-0.4, -0.2) is 25.8 Å². The first-order valence-electron chi connectivity index (χ1n) is 6.21. The summed E-state index contributed by atoms with van der Waals surface area (Å²) in [4.78, 5) is 15.7. The van der Waals surface area contributed by atoms with Gasteiger partial charge in [-0.1, -0.05) is 6.07 Å². The summed E-state index contributed by atoms with van der Waals surface area (Å²) in [5.74, 6) is 0.389. The Morgan fingerprint density at radius 1 is 1.38 bits per heavy atom. The quantitative estimate of drug-likeness (QED) is 0.774. The molecule has 3 aromatic rings. The van der Waals surface area contributed by atoms with Crippen molar-refractivity contribution < 1.29 is 9.90 Å². The fourth-order valence-corrected chi connectivity index (χ4v) is 2.64. The Labute approximate surface area is 124 Å². The van der Waals surface area contributed by atoms with Gasteiger partial charge >= 0.3 is 5.97 Å². The number of pyridine rings is 1. The maximum Gasteiger partial charge on any atom is 0.348 e. The molecule has 0 amide bonds. The summed E-state index contributed by atoms with van der Waals surface area (Å²) in [5.41, 5.74) is 1.36. The Kier molecular flexibility index (Phi) is 3.41. The molecule has 0 saturated heterocycles. The van der Waals surface area contributed by atoms with Gasteiger partial charge < -0.3 is 10.4 Å². The zero-order valence-electron chi connectivity index (χ0n) is 11.1. The van der Waals surface area contributed by atoms with Gasteiger partial charge in [0.05, 0.1) is 11.4 Å². The van der Waals surface area contributed by atoms with Crippen LogP contribution in [0.4, 0.5) is 11.5 Å². The largest absolute Gasteiger partial charge is 0.477 e. The first-order valence-corrected chi connectivity index (χ1v) is 7.09. The smallest absolute Gasteiger partial charge is 0.348 e. The van der Waals surface area contributed by atoms with Gasteiger partial charge in [-0.25, -0.2) is 9.78 Å². The van der Waals surface area contributed by atoms with Gasteiger partial charge in [-0.2, -0.15) is 9.78 Å². The number of carboxylic acid groups (broad SMARTS) is 1. The second kappa shape index (κ2) is 5.37. The average molecular weight is 300 g/mol. The number of nitrogens with one attached hydrogen (secondary N) is 1. The Hall–Kier alpha value is -2.67. The standard InChI is InChI=1S/C14H12N4O2S/c1-9-8-12(16-10-5-7-21-13(10)14(19)20)18(17-9)11-4-2-3-6-15-11/h2-8,16H,1H3,(H,19,20). The molecule has 0 unspecified atom stereocenters. The molecule has 0 spiro atoms. The van der Waals surface area contributed by atoms with Crippen molar-refractivity contribution in [2.24, 2.45) is 0 Å². The summed E-state index contributed by atoms with van der Waals surface area (Å²) >= 11 is 1.18. The second-order valence-electron chi connectivity index (χ2n) is 4.36. The Morgan fingerprint density at radius 2 is 2.24 bits per heavy atom. The van der Waals surface area contributed by atoms with E-state index < -0.39 is 5.97 Å². The lowest BCUT2D eigenvalue weighted by Crippen LogP contribution is -2.05. The van der Waals surface area contributed by atoms with Crippen molar-refractivity contribution >= 4 is 28.8 Å². The third-order valence-electron chi connectivity index (χ3n) is 2.82. The highest BCUT2D eigenvalue weighted by molar-refractivity contribution is 7.12. The van der Waals surface area contributed by atoms with Crippen LogP contribution in [0.25, 0.3) is 5.82 Å². The molecule has 7 heteroatoms. The van der Waals surface area contributed by atoms with Crippen LogP contribution in [0.5, 0.6) is 0 Å². The van der Waals surface area contributed by atoms with Crippen LogP contribution in [0.2, 0.25) is 0 Å². The van der Waals surface area contributed by atoms with Crippen molar-refractivity contribution in [3.63, 3.8) is 0 Å². The van der Waals surface area contributed by atoms with Crippen LogP contribution in [0.15, 0.2) is 41.9 Å². The molecular weight excluding hydrogens is 288 g/mol. The van der Waals surface area contributed by atoms with E-state index in [2.05, 4.69) is 15.4 Å². The molecule has 3 rings (SSSR count). The lowest BCUT2D eigenvalue weighted by molar-refractivity contribution is 0.0703. The Morgan fingerprint density at radius 3 is 2.95 bits per heavy atom. The maximum atomic E-state index is 11.2. The fraction of sp³-hybridized carbons (Fsp3) is 0.0714. The minimum absolute atomic E-state index is 0.265. The van der Waals surface area contributed by atoms with Crippen LogP contribution in [-0.2, 0) is 0 Å². The van der Waals surface area contributed by atoms with Crippen LogP contribution < -0.4 is 5.32 Å². The van der Waals surface area contributed by atoms with E-state index in [0.29, 0.717) is 17.3 Å². The molecule has 6 nitrogen and oxygen atoms in total. The number of rotatable bonds is 4. The van der Waals surface area contributed by atoms with Crippen molar-refractivity contribution in [3.05, 3.63) is 52.5 Å². The minimum atomic E-state index is -0.951. The lowest BCUT2D eigenvalue weighted by atomic mass is 10.3. The third kappa shape index (κ3) is 2.63. The van der Waals surface area contributed by atoms with Crippen molar-refractivity contribution in [2.45, 2.75) is 6.92 Å². The number of hydrogen-bond acceptors (Lipinski definition) is 5. The van der Waals surface area contributed by atoms with E-state index in [1.54, 1.807) is 22.3 Å². The molecular formula is C14H12N4O2S. The zero-order valence-corrected chi connectivity index (χ0v) is 12.0. The van der Waals surface area contributed by atoms with Gasteiger partial charge in [0.1, 0.15) is 10.7 Å². The predicted octanol–water partition coefficient (Wildman–Crippen LogP) is 3.08. The molecule has 2 N–H and O–H groups in total. The maximum absolute atomic E-state index is 11.2. The monoisotopic (exact) mass is 300 g/mol. The first-order chi connectivity index (χ1) is 10.1. The van der Waals surface area contributed by atoms with Gasteiger partial charge in [-0.3, -0.25) is 0 Å². The number of aryl methyl sites for hydroxylation is 1. The van der Waals surface area contributed by atoms with E-state index >= 15 is 0 Å². The van der Waals surface area contributed by atoms with Gasteiger partial charge in [0.25, 0.3) is 0 Å². The van der Waals surface area contributed by atoms with Crippen LogP contribution >= 0.6 is 11.3 Å². The first kappa shape index (κ1) is 13.3. The highest BCUT2D eigenvalue weighted by Gasteiger charge is 2.15. The number of aromatic carboxylic acids is 1. The average Bonchev–Trinajstić information content (AvgIpc) is 3.07. The highest BCUT2D eigenvalue weighted by atomic mass is 32.1. The summed E-state index contributed by atoms with van der Waals surface area (Å²) < 4.78 is 1.65. The Bertz CT molecular complexity index is 779. The summed E-state index contributed by atoms with van der Waals surface area (Å²) in [5, 5.41) is 18.4. The molecule has 0 aliphatic carbocycles. The zero-order chi connectivity index (χ0) is 14.8. The molecule has 3 aromatic heterocycles. The van der Waals surface area contributed by atoms with Crippen molar-refractivity contribution in [2.75, 3.05) is 5.32 Å². The van der Waals surface area contributed by atoms with Gasteiger partial charge in [-0.05, 0) is 30.5 Å². The number of hydrogen-bond donors (Lipinski definition) is 2. The van der Waals surface area contributed by atoms with E-state index in [1.807, 2.05) is 31.2 Å². The number of aromatic nitrogens is 3. The van der Waals surface area contributed by atoms with E-state index in [-0.39, 0.29) is 4.88 Å². The van der Waals surface area contributed by atoms with Crippen LogP contribution in [0.3, 0.4) is 0 Å². The van der Waals surface area contributed by atoms with Gasteiger partial charge in [-0.15, -0.1) is 11.3 Å². The fourth-order valence-electron chi connectivity index (χ4n) is 1.95. The summed E-state index contributed by atoms with van der Waals surface area (Å²) in [7, 11) is 0. The molecule has 0 aromatic carbocycles. The molecule has 0 bridgehead atoms. The molecule has 21 heavy (non-hydrogen) atoms. The van der Waals surface area contributed by atoms with Crippen LogP contribution in [0, 0.1) is 6.92 Å². The molecule has 0 saturated carbocycles. The minimum Gasteiger partial charge on any atom is -0.477 e. The number of nitrogens with zero attached hydrogens (tertiary/aromatic N) is 3. The predicted molar refractivity (Wildman–Crippen MR) is 80.7 cm³/mol. The van der Waals surface area contributed by atoms with Gasteiger partial charge in [0.15, 0.2) is 5.82 Å². The molecule has 106 valence electrons. The molecule has 0 aliphatic rings. The number of thiophene rings is 1. The topological polar surface area (TPSA) is 80.0 Å². The lowest BCUT2D eigenvalue weighted by Gasteiger charge is -2.08.